The quantitative estimate of drug-likeness (QED) is 0.779. The minimum atomic E-state index is 0.0846. The van der Waals surface area contributed by atoms with E-state index in [9.17, 15) is 0 Å². The van der Waals surface area contributed by atoms with Crippen LogP contribution in [0.1, 0.15) is 28.8 Å². The summed E-state index contributed by atoms with van der Waals surface area (Å²) in [6.45, 7) is 2.48. The van der Waals surface area contributed by atoms with Gasteiger partial charge in [0.05, 0.1) is 18.8 Å². The SMILES string of the molecule is Cc1cnc(CNC(c2ccccc2)c2ccncc2)o1. The Morgan fingerprint density at radius 2 is 1.76 bits per heavy atom. The zero-order valence-corrected chi connectivity index (χ0v) is 11.9. The minimum Gasteiger partial charge on any atom is -0.445 e. The molecule has 21 heavy (non-hydrogen) atoms. The third kappa shape index (κ3) is 3.35. The Bertz CT molecular complexity index is 640. The first-order chi connectivity index (χ1) is 10.3. The van der Waals surface area contributed by atoms with E-state index in [4.69, 9.17) is 4.42 Å². The molecule has 1 unspecified atom stereocenters. The standard InChI is InChI=1S/C17H17N3O/c1-13-11-19-16(21-13)12-20-17(14-5-3-2-4-6-14)15-7-9-18-10-8-15/h2-11,17,20H,12H2,1H3. The van der Waals surface area contributed by atoms with Crippen LogP contribution in [0.25, 0.3) is 0 Å². The van der Waals surface area contributed by atoms with Gasteiger partial charge in [0.15, 0.2) is 0 Å². The van der Waals surface area contributed by atoms with Crippen molar-refractivity contribution in [2.75, 3.05) is 0 Å². The molecule has 2 aromatic heterocycles. The lowest BCUT2D eigenvalue weighted by Crippen LogP contribution is -2.22. The summed E-state index contributed by atoms with van der Waals surface area (Å²) in [5.74, 6) is 1.52. The second-order valence-corrected chi connectivity index (χ2v) is 4.87. The molecule has 0 saturated heterocycles. The number of hydrogen-bond donors (Lipinski definition) is 1. The summed E-state index contributed by atoms with van der Waals surface area (Å²) in [6.07, 6.45) is 5.35. The molecular formula is C17H17N3O. The van der Waals surface area contributed by atoms with E-state index in [1.165, 1.54) is 11.1 Å². The number of hydrogen-bond acceptors (Lipinski definition) is 4. The van der Waals surface area contributed by atoms with Gasteiger partial charge in [-0.1, -0.05) is 30.3 Å². The van der Waals surface area contributed by atoms with Gasteiger partial charge in [-0.15, -0.1) is 0 Å². The number of pyridine rings is 1. The van der Waals surface area contributed by atoms with Crippen LogP contribution in [-0.2, 0) is 6.54 Å². The van der Waals surface area contributed by atoms with Crippen molar-refractivity contribution in [1.82, 2.24) is 15.3 Å². The van der Waals surface area contributed by atoms with Gasteiger partial charge in [0, 0.05) is 12.4 Å². The minimum absolute atomic E-state index is 0.0846. The third-order valence-electron chi connectivity index (χ3n) is 3.30. The summed E-state index contributed by atoms with van der Waals surface area (Å²) < 4.78 is 5.52. The van der Waals surface area contributed by atoms with E-state index < -0.39 is 0 Å². The fraction of sp³-hybridized carbons (Fsp3) is 0.176. The van der Waals surface area contributed by atoms with Gasteiger partial charge in [0.2, 0.25) is 5.89 Å². The molecule has 0 aliphatic rings. The number of rotatable bonds is 5. The second kappa shape index (κ2) is 6.33. The molecule has 1 N–H and O–H groups in total. The molecule has 4 heteroatoms. The molecule has 2 heterocycles. The maximum Gasteiger partial charge on any atom is 0.208 e. The highest BCUT2D eigenvalue weighted by Gasteiger charge is 2.14. The first-order valence-corrected chi connectivity index (χ1v) is 6.92. The second-order valence-electron chi connectivity index (χ2n) is 4.87. The van der Waals surface area contributed by atoms with Gasteiger partial charge in [-0.2, -0.15) is 0 Å². The van der Waals surface area contributed by atoms with Gasteiger partial charge in [-0.3, -0.25) is 10.3 Å². The van der Waals surface area contributed by atoms with Crippen molar-refractivity contribution in [3.8, 4) is 0 Å². The summed E-state index contributed by atoms with van der Waals surface area (Å²) in [6, 6.07) is 14.4. The molecule has 0 radical (unpaired) electrons. The van der Waals surface area contributed by atoms with Crippen molar-refractivity contribution >= 4 is 0 Å². The fourth-order valence-corrected chi connectivity index (χ4v) is 2.30. The summed E-state index contributed by atoms with van der Waals surface area (Å²) in [5.41, 5.74) is 2.37. The Morgan fingerprint density at radius 3 is 2.43 bits per heavy atom. The number of aryl methyl sites for hydroxylation is 1. The topological polar surface area (TPSA) is 51.0 Å². The van der Waals surface area contributed by atoms with Crippen molar-refractivity contribution in [2.45, 2.75) is 19.5 Å². The normalized spacial score (nSPS) is 12.2. The van der Waals surface area contributed by atoms with Crippen LogP contribution in [0.5, 0.6) is 0 Å². The monoisotopic (exact) mass is 279 g/mol. The molecule has 0 saturated carbocycles. The Labute approximate surface area is 123 Å². The van der Waals surface area contributed by atoms with Gasteiger partial charge < -0.3 is 4.42 Å². The number of aromatic nitrogens is 2. The fourth-order valence-electron chi connectivity index (χ4n) is 2.30. The summed E-state index contributed by atoms with van der Waals surface area (Å²) in [4.78, 5) is 8.32. The van der Waals surface area contributed by atoms with Crippen molar-refractivity contribution in [1.29, 1.82) is 0 Å². The number of benzene rings is 1. The molecule has 3 aromatic rings. The Hall–Kier alpha value is -2.46. The van der Waals surface area contributed by atoms with Crippen LogP contribution in [0.4, 0.5) is 0 Å². The van der Waals surface area contributed by atoms with Gasteiger partial charge in [0.1, 0.15) is 5.76 Å². The number of nitrogens with one attached hydrogen (secondary N) is 1. The highest BCUT2D eigenvalue weighted by Crippen LogP contribution is 2.21. The molecule has 0 amide bonds. The highest BCUT2D eigenvalue weighted by molar-refractivity contribution is 5.30. The Balaban J connectivity index is 1.83. The molecule has 0 fully saturated rings. The summed E-state index contributed by atoms with van der Waals surface area (Å²) in [7, 11) is 0. The molecule has 0 spiro atoms. The van der Waals surface area contributed by atoms with Crippen LogP contribution in [0.15, 0.2) is 65.5 Å². The lowest BCUT2D eigenvalue weighted by Gasteiger charge is -2.18. The Kier molecular flexibility index (Phi) is 4.07. The largest absolute Gasteiger partial charge is 0.445 e. The average molecular weight is 279 g/mol. The maximum absolute atomic E-state index is 5.52. The van der Waals surface area contributed by atoms with Crippen molar-refractivity contribution in [3.05, 3.63) is 83.8 Å². The van der Waals surface area contributed by atoms with E-state index in [2.05, 4.69) is 27.4 Å². The number of nitrogens with zero attached hydrogens (tertiary/aromatic N) is 2. The lowest BCUT2D eigenvalue weighted by atomic mass is 10.00. The van der Waals surface area contributed by atoms with E-state index >= 15 is 0 Å². The predicted octanol–water partition coefficient (Wildman–Crippen LogP) is 3.26. The van der Waals surface area contributed by atoms with Crippen molar-refractivity contribution < 1.29 is 4.42 Å². The molecule has 0 bridgehead atoms. The lowest BCUT2D eigenvalue weighted by molar-refractivity contribution is 0.438. The molecule has 3 rings (SSSR count). The summed E-state index contributed by atoms with van der Waals surface area (Å²) in [5, 5.41) is 3.50. The third-order valence-corrected chi connectivity index (χ3v) is 3.30. The van der Waals surface area contributed by atoms with Crippen molar-refractivity contribution in [2.24, 2.45) is 0 Å². The molecule has 106 valence electrons. The van der Waals surface area contributed by atoms with Crippen LogP contribution in [0, 0.1) is 6.92 Å². The maximum atomic E-state index is 5.52. The zero-order chi connectivity index (χ0) is 14.5. The predicted molar refractivity (Wildman–Crippen MR) is 80.6 cm³/mol. The van der Waals surface area contributed by atoms with Crippen LogP contribution in [0.2, 0.25) is 0 Å². The summed E-state index contributed by atoms with van der Waals surface area (Å²) >= 11 is 0. The van der Waals surface area contributed by atoms with E-state index in [1.54, 1.807) is 6.20 Å². The van der Waals surface area contributed by atoms with Gasteiger partial charge in [0.25, 0.3) is 0 Å². The smallest absolute Gasteiger partial charge is 0.208 e. The number of oxazole rings is 1. The van der Waals surface area contributed by atoms with E-state index in [0.29, 0.717) is 12.4 Å². The van der Waals surface area contributed by atoms with Crippen molar-refractivity contribution in [3.63, 3.8) is 0 Å². The first-order valence-electron chi connectivity index (χ1n) is 6.92. The molecule has 0 aliphatic heterocycles. The molecule has 4 nitrogen and oxygen atoms in total. The molecule has 1 atom stereocenters. The highest BCUT2D eigenvalue weighted by atomic mass is 16.4. The van der Waals surface area contributed by atoms with Gasteiger partial charge in [-0.25, -0.2) is 4.98 Å². The van der Waals surface area contributed by atoms with Gasteiger partial charge in [-0.05, 0) is 30.2 Å². The molecule has 0 aliphatic carbocycles. The van der Waals surface area contributed by atoms with Gasteiger partial charge >= 0.3 is 0 Å². The molecular weight excluding hydrogens is 262 g/mol. The van der Waals surface area contributed by atoms with Crippen LogP contribution in [-0.4, -0.2) is 9.97 Å². The van der Waals surface area contributed by atoms with E-state index in [-0.39, 0.29) is 6.04 Å². The van der Waals surface area contributed by atoms with Crippen LogP contribution >= 0.6 is 0 Å². The van der Waals surface area contributed by atoms with E-state index in [0.717, 1.165) is 5.76 Å². The van der Waals surface area contributed by atoms with Crippen LogP contribution in [0.3, 0.4) is 0 Å². The zero-order valence-electron chi connectivity index (χ0n) is 11.9. The average Bonchev–Trinajstić information content (AvgIpc) is 2.95. The Morgan fingerprint density at radius 1 is 1.05 bits per heavy atom. The molecule has 1 aromatic carbocycles. The van der Waals surface area contributed by atoms with Crippen LogP contribution < -0.4 is 5.32 Å². The van der Waals surface area contributed by atoms with E-state index in [1.807, 2.05) is 49.6 Å². The first kappa shape index (κ1) is 13.5.